The molecule has 1 rings (SSSR count). The molecule has 0 aliphatic carbocycles. The van der Waals surface area contributed by atoms with Crippen molar-refractivity contribution in [3.63, 3.8) is 0 Å². The lowest BCUT2D eigenvalue weighted by Crippen LogP contribution is -2.60. The summed E-state index contributed by atoms with van der Waals surface area (Å²) >= 11 is 0. The summed E-state index contributed by atoms with van der Waals surface area (Å²) in [7, 11) is 0. The zero-order chi connectivity index (χ0) is 14.6. The molecule has 3 unspecified atom stereocenters. The van der Waals surface area contributed by atoms with E-state index in [9.17, 15) is 14.4 Å². The van der Waals surface area contributed by atoms with Gasteiger partial charge in [0.2, 0.25) is 11.8 Å². The van der Waals surface area contributed by atoms with Gasteiger partial charge in [-0.25, -0.2) is 4.79 Å². The van der Waals surface area contributed by atoms with E-state index in [-0.39, 0.29) is 11.9 Å². The lowest BCUT2D eigenvalue weighted by molar-refractivity contribution is -0.144. The van der Waals surface area contributed by atoms with Crippen molar-refractivity contribution in [1.29, 1.82) is 0 Å². The van der Waals surface area contributed by atoms with Crippen molar-refractivity contribution in [2.45, 2.75) is 59.4 Å². The third-order valence-corrected chi connectivity index (χ3v) is 3.76. The molecule has 0 aromatic carbocycles. The summed E-state index contributed by atoms with van der Waals surface area (Å²) in [4.78, 5) is 37.0. The van der Waals surface area contributed by atoms with Gasteiger partial charge in [-0.15, -0.1) is 0 Å². The molecular weight excluding hydrogens is 244 g/mol. The molecule has 3 atom stereocenters. The molecule has 0 radical (unpaired) electrons. The highest BCUT2D eigenvalue weighted by Gasteiger charge is 2.41. The van der Waals surface area contributed by atoms with Crippen molar-refractivity contribution in [3.05, 3.63) is 0 Å². The molecule has 108 valence electrons. The van der Waals surface area contributed by atoms with Gasteiger partial charge in [-0.2, -0.15) is 0 Å². The van der Waals surface area contributed by atoms with Gasteiger partial charge in [0.25, 0.3) is 0 Å². The normalized spacial score (nSPS) is 23.3. The van der Waals surface area contributed by atoms with Crippen LogP contribution in [0.5, 0.6) is 0 Å². The molecule has 1 fully saturated rings. The fourth-order valence-corrected chi connectivity index (χ4v) is 2.45. The van der Waals surface area contributed by atoms with Crippen LogP contribution >= 0.6 is 0 Å². The average molecular weight is 268 g/mol. The number of hydrogen-bond donors (Lipinski definition) is 1. The van der Waals surface area contributed by atoms with Crippen molar-refractivity contribution in [2.75, 3.05) is 0 Å². The number of nitrogens with zero attached hydrogens (tertiary/aromatic N) is 1. The van der Waals surface area contributed by atoms with Crippen LogP contribution in [-0.2, 0) is 9.59 Å². The second-order valence-corrected chi connectivity index (χ2v) is 5.44. The maximum atomic E-state index is 12.3. The third-order valence-electron chi connectivity index (χ3n) is 3.76. The van der Waals surface area contributed by atoms with Crippen molar-refractivity contribution >= 4 is 17.8 Å². The highest BCUT2D eigenvalue weighted by atomic mass is 16.2. The first-order chi connectivity index (χ1) is 8.92. The first-order valence-corrected chi connectivity index (χ1v) is 7.10. The molecule has 4 amide bonds. The van der Waals surface area contributed by atoms with Crippen LogP contribution in [0.4, 0.5) is 4.79 Å². The minimum atomic E-state index is -0.706. The van der Waals surface area contributed by atoms with E-state index in [1.807, 2.05) is 13.8 Å². The molecule has 1 aliphatic rings. The second-order valence-electron chi connectivity index (χ2n) is 5.44. The number of amides is 4. The van der Waals surface area contributed by atoms with E-state index in [2.05, 4.69) is 19.2 Å². The van der Waals surface area contributed by atoms with Crippen LogP contribution in [0.15, 0.2) is 0 Å². The van der Waals surface area contributed by atoms with Gasteiger partial charge in [0.05, 0.1) is 0 Å². The van der Waals surface area contributed by atoms with E-state index in [4.69, 9.17) is 0 Å². The summed E-state index contributed by atoms with van der Waals surface area (Å²) < 4.78 is 0. The Labute approximate surface area is 114 Å². The van der Waals surface area contributed by atoms with Gasteiger partial charge in [0.1, 0.15) is 5.92 Å². The van der Waals surface area contributed by atoms with Crippen LogP contribution in [0, 0.1) is 11.8 Å². The minimum Gasteiger partial charge on any atom is -0.277 e. The van der Waals surface area contributed by atoms with Crippen LogP contribution in [0.25, 0.3) is 0 Å². The Morgan fingerprint density at radius 3 is 2.37 bits per heavy atom. The first-order valence-electron chi connectivity index (χ1n) is 7.10. The number of barbiturate groups is 1. The van der Waals surface area contributed by atoms with Crippen LogP contribution in [0.2, 0.25) is 0 Å². The van der Waals surface area contributed by atoms with Gasteiger partial charge in [0, 0.05) is 6.04 Å². The standard InChI is InChI=1S/C14H24N2O3/c1-5-7-11-12(17)15-14(19)16(13(11)18)10(4)8-9(3)6-2/h9-11H,5-8H2,1-4H3,(H,15,17,19). The quantitative estimate of drug-likeness (QED) is 0.752. The van der Waals surface area contributed by atoms with Crippen LogP contribution in [0.3, 0.4) is 0 Å². The van der Waals surface area contributed by atoms with E-state index in [0.717, 1.165) is 19.3 Å². The zero-order valence-electron chi connectivity index (χ0n) is 12.2. The van der Waals surface area contributed by atoms with Gasteiger partial charge in [-0.1, -0.05) is 33.6 Å². The lowest BCUT2D eigenvalue weighted by atomic mass is 9.95. The minimum absolute atomic E-state index is 0.171. The number of carbonyl (C=O) groups excluding carboxylic acids is 3. The number of imide groups is 2. The zero-order valence-corrected chi connectivity index (χ0v) is 12.2. The third kappa shape index (κ3) is 3.55. The molecule has 0 saturated carbocycles. The van der Waals surface area contributed by atoms with Gasteiger partial charge in [0.15, 0.2) is 0 Å². The monoisotopic (exact) mass is 268 g/mol. The van der Waals surface area contributed by atoms with E-state index < -0.39 is 17.9 Å². The molecule has 1 saturated heterocycles. The Hall–Kier alpha value is -1.39. The van der Waals surface area contributed by atoms with Gasteiger partial charge in [-0.05, 0) is 25.7 Å². The Kier molecular flexibility index (Phi) is 5.51. The lowest BCUT2D eigenvalue weighted by Gasteiger charge is -2.35. The fourth-order valence-electron chi connectivity index (χ4n) is 2.45. The second kappa shape index (κ2) is 6.68. The largest absolute Gasteiger partial charge is 0.331 e. The Balaban J connectivity index is 2.83. The summed E-state index contributed by atoms with van der Waals surface area (Å²) in [5, 5.41) is 2.29. The highest BCUT2D eigenvalue weighted by Crippen LogP contribution is 2.22. The van der Waals surface area contributed by atoms with Crippen molar-refractivity contribution in [2.24, 2.45) is 11.8 Å². The van der Waals surface area contributed by atoms with Gasteiger partial charge >= 0.3 is 6.03 Å². The molecule has 0 aromatic rings. The molecule has 0 aromatic heterocycles. The Morgan fingerprint density at radius 1 is 1.21 bits per heavy atom. The Bertz CT molecular complexity index is 368. The predicted molar refractivity (Wildman–Crippen MR) is 72.3 cm³/mol. The number of hydrogen-bond acceptors (Lipinski definition) is 3. The van der Waals surface area contributed by atoms with Crippen molar-refractivity contribution in [1.82, 2.24) is 10.2 Å². The fraction of sp³-hybridized carbons (Fsp3) is 0.786. The van der Waals surface area contributed by atoms with E-state index in [0.29, 0.717) is 12.3 Å². The molecule has 5 nitrogen and oxygen atoms in total. The van der Waals surface area contributed by atoms with Crippen LogP contribution < -0.4 is 5.32 Å². The maximum absolute atomic E-state index is 12.3. The van der Waals surface area contributed by atoms with E-state index in [1.54, 1.807) is 0 Å². The molecule has 1 aliphatic heterocycles. The SMILES string of the molecule is CCCC1C(=O)NC(=O)N(C(C)CC(C)CC)C1=O. The molecule has 19 heavy (non-hydrogen) atoms. The Morgan fingerprint density at radius 2 is 1.84 bits per heavy atom. The number of nitrogens with one attached hydrogen (secondary N) is 1. The van der Waals surface area contributed by atoms with Crippen molar-refractivity contribution < 1.29 is 14.4 Å². The summed E-state index contributed by atoms with van der Waals surface area (Å²) in [6.07, 6.45) is 3.00. The molecule has 0 spiro atoms. The summed E-state index contributed by atoms with van der Waals surface area (Å²) in [6, 6.07) is -0.743. The number of rotatable bonds is 6. The average Bonchev–Trinajstić information content (AvgIpc) is 2.33. The van der Waals surface area contributed by atoms with Crippen LogP contribution in [-0.4, -0.2) is 28.8 Å². The molecular formula is C14H24N2O3. The van der Waals surface area contributed by atoms with Gasteiger partial charge < -0.3 is 0 Å². The summed E-state index contributed by atoms with van der Waals surface area (Å²) in [5.41, 5.74) is 0. The van der Waals surface area contributed by atoms with E-state index >= 15 is 0 Å². The van der Waals surface area contributed by atoms with Crippen molar-refractivity contribution in [3.8, 4) is 0 Å². The predicted octanol–water partition coefficient (Wildman–Crippen LogP) is 2.31. The molecule has 0 bridgehead atoms. The summed E-state index contributed by atoms with van der Waals surface area (Å²) in [5.74, 6) is -1.06. The molecule has 5 heteroatoms. The smallest absolute Gasteiger partial charge is 0.277 e. The first kappa shape index (κ1) is 15.7. The number of carbonyl (C=O) groups is 3. The highest BCUT2D eigenvalue weighted by molar-refractivity contribution is 6.16. The van der Waals surface area contributed by atoms with Crippen LogP contribution in [0.1, 0.15) is 53.4 Å². The topological polar surface area (TPSA) is 66.5 Å². The van der Waals surface area contributed by atoms with Gasteiger partial charge in [-0.3, -0.25) is 19.8 Å². The molecule has 1 heterocycles. The van der Waals surface area contributed by atoms with E-state index in [1.165, 1.54) is 4.90 Å². The maximum Gasteiger partial charge on any atom is 0.331 e. The summed E-state index contributed by atoms with van der Waals surface area (Å²) in [6.45, 7) is 7.96. The number of urea groups is 1. The molecule has 1 N–H and O–H groups in total.